The van der Waals surface area contributed by atoms with Crippen molar-refractivity contribution < 1.29 is 27.1 Å². The number of hydrogen-bond donors (Lipinski definition) is 1. The van der Waals surface area contributed by atoms with Gasteiger partial charge >= 0.3 is 6.18 Å². The van der Waals surface area contributed by atoms with Crippen LogP contribution in [0.2, 0.25) is 0 Å². The zero-order chi connectivity index (χ0) is 24.6. The number of alkyl halides is 3. The normalized spacial score (nSPS) is 16.9. The van der Waals surface area contributed by atoms with Gasteiger partial charge in [-0.2, -0.15) is 23.4 Å². The SMILES string of the molecule is O=C(C1COC1)N1CCN(c2ccc3nncc(NCc4cccc(C(F)(F)F)c4F)c3c2)CC1. The molecule has 2 saturated heterocycles. The molecule has 1 aromatic heterocycles. The molecule has 35 heavy (non-hydrogen) atoms. The second kappa shape index (κ2) is 9.29. The minimum atomic E-state index is -4.76. The first-order valence-corrected chi connectivity index (χ1v) is 11.3. The number of carbonyl (C=O) groups is 1. The molecule has 2 fully saturated rings. The Morgan fingerprint density at radius 2 is 1.89 bits per heavy atom. The highest BCUT2D eigenvalue weighted by molar-refractivity contribution is 5.93. The molecule has 11 heteroatoms. The van der Waals surface area contributed by atoms with E-state index in [1.54, 1.807) is 0 Å². The third kappa shape index (κ3) is 4.72. The number of carbonyl (C=O) groups excluding carboxylic acids is 1. The number of ether oxygens (including phenoxy) is 1. The van der Waals surface area contributed by atoms with Gasteiger partial charge in [0.1, 0.15) is 5.82 Å². The van der Waals surface area contributed by atoms with Gasteiger partial charge in [-0.05, 0) is 24.3 Å². The van der Waals surface area contributed by atoms with Gasteiger partial charge in [0.25, 0.3) is 0 Å². The first-order valence-electron chi connectivity index (χ1n) is 11.3. The molecule has 0 atom stereocenters. The van der Waals surface area contributed by atoms with E-state index in [2.05, 4.69) is 20.4 Å². The number of aromatic nitrogens is 2. The van der Waals surface area contributed by atoms with Crippen LogP contribution >= 0.6 is 0 Å². The lowest BCUT2D eigenvalue weighted by Crippen LogP contribution is -2.53. The second-order valence-electron chi connectivity index (χ2n) is 8.64. The molecule has 2 aromatic carbocycles. The Morgan fingerprint density at radius 3 is 2.57 bits per heavy atom. The molecule has 0 bridgehead atoms. The summed E-state index contributed by atoms with van der Waals surface area (Å²) in [7, 11) is 0. The summed E-state index contributed by atoms with van der Waals surface area (Å²) in [6.45, 7) is 3.40. The summed E-state index contributed by atoms with van der Waals surface area (Å²) in [6, 6.07) is 8.89. The van der Waals surface area contributed by atoms with Crippen molar-refractivity contribution in [3.8, 4) is 0 Å². The van der Waals surface area contributed by atoms with Crippen molar-refractivity contribution in [2.45, 2.75) is 12.7 Å². The predicted molar refractivity (Wildman–Crippen MR) is 121 cm³/mol. The Bertz CT molecular complexity index is 1240. The molecule has 2 aliphatic heterocycles. The highest BCUT2D eigenvalue weighted by Crippen LogP contribution is 2.33. The molecule has 0 radical (unpaired) electrons. The molecule has 5 rings (SSSR count). The Hall–Kier alpha value is -3.47. The van der Waals surface area contributed by atoms with E-state index in [0.717, 1.165) is 17.1 Å². The van der Waals surface area contributed by atoms with Crippen molar-refractivity contribution in [1.82, 2.24) is 15.1 Å². The van der Waals surface area contributed by atoms with E-state index in [9.17, 15) is 22.4 Å². The number of fused-ring (bicyclic) bond motifs is 1. The minimum absolute atomic E-state index is 0.0314. The lowest BCUT2D eigenvalue weighted by Gasteiger charge is -2.39. The first-order chi connectivity index (χ1) is 16.8. The zero-order valence-electron chi connectivity index (χ0n) is 18.7. The van der Waals surface area contributed by atoms with Gasteiger partial charge in [0.2, 0.25) is 5.91 Å². The smallest absolute Gasteiger partial charge is 0.380 e. The van der Waals surface area contributed by atoms with Gasteiger partial charge in [0, 0.05) is 49.4 Å². The Kier molecular flexibility index (Phi) is 6.18. The maximum atomic E-state index is 14.4. The van der Waals surface area contributed by atoms with Gasteiger partial charge in [0.15, 0.2) is 0 Å². The van der Waals surface area contributed by atoms with Crippen LogP contribution in [0.4, 0.5) is 28.9 Å². The molecule has 0 saturated carbocycles. The van der Waals surface area contributed by atoms with Crippen LogP contribution in [0.3, 0.4) is 0 Å². The van der Waals surface area contributed by atoms with Gasteiger partial charge < -0.3 is 19.9 Å². The molecule has 0 unspecified atom stereocenters. The largest absolute Gasteiger partial charge is 0.419 e. The van der Waals surface area contributed by atoms with E-state index >= 15 is 0 Å². The topological polar surface area (TPSA) is 70.6 Å². The number of nitrogens with zero attached hydrogens (tertiary/aromatic N) is 4. The Labute approximate surface area is 198 Å². The summed E-state index contributed by atoms with van der Waals surface area (Å²) >= 11 is 0. The summed E-state index contributed by atoms with van der Waals surface area (Å²) in [5, 5.41) is 11.8. The summed E-state index contributed by atoms with van der Waals surface area (Å²) in [5.41, 5.74) is 0.672. The van der Waals surface area contributed by atoms with Gasteiger partial charge in [-0.1, -0.05) is 12.1 Å². The maximum absolute atomic E-state index is 14.4. The van der Waals surface area contributed by atoms with Crippen molar-refractivity contribution in [2.24, 2.45) is 5.92 Å². The lowest BCUT2D eigenvalue weighted by atomic mass is 10.1. The summed E-state index contributed by atoms with van der Waals surface area (Å²) in [5.74, 6) is -1.19. The summed E-state index contributed by atoms with van der Waals surface area (Å²) in [4.78, 5) is 16.5. The molecule has 3 aromatic rings. The second-order valence-corrected chi connectivity index (χ2v) is 8.64. The number of halogens is 4. The number of hydrogen-bond acceptors (Lipinski definition) is 6. The molecule has 0 aliphatic carbocycles. The van der Waals surface area contributed by atoms with Crippen molar-refractivity contribution in [3.63, 3.8) is 0 Å². The Balaban J connectivity index is 1.32. The molecule has 7 nitrogen and oxygen atoms in total. The van der Waals surface area contributed by atoms with Crippen molar-refractivity contribution in [3.05, 3.63) is 59.5 Å². The van der Waals surface area contributed by atoms with Crippen LogP contribution in [0, 0.1) is 11.7 Å². The van der Waals surface area contributed by atoms with Crippen LogP contribution in [-0.4, -0.2) is 60.4 Å². The number of amides is 1. The fraction of sp³-hybridized carbons (Fsp3) is 0.375. The zero-order valence-corrected chi connectivity index (χ0v) is 18.7. The van der Waals surface area contributed by atoms with Crippen LogP contribution in [0.15, 0.2) is 42.6 Å². The number of benzene rings is 2. The van der Waals surface area contributed by atoms with Gasteiger partial charge in [-0.15, -0.1) is 0 Å². The van der Waals surface area contributed by atoms with E-state index in [1.165, 1.54) is 18.3 Å². The van der Waals surface area contributed by atoms with E-state index in [0.29, 0.717) is 50.6 Å². The minimum Gasteiger partial charge on any atom is -0.380 e. The fourth-order valence-electron chi connectivity index (χ4n) is 4.33. The summed E-state index contributed by atoms with van der Waals surface area (Å²) < 4.78 is 58.7. The van der Waals surface area contributed by atoms with E-state index in [4.69, 9.17) is 4.74 Å². The van der Waals surface area contributed by atoms with Crippen molar-refractivity contribution >= 4 is 28.2 Å². The number of nitrogens with one attached hydrogen (secondary N) is 1. The fourth-order valence-corrected chi connectivity index (χ4v) is 4.33. The molecular formula is C24H23F4N5O2. The average Bonchev–Trinajstić information content (AvgIpc) is 2.81. The van der Waals surface area contributed by atoms with Gasteiger partial charge in [0.05, 0.1) is 42.1 Å². The third-order valence-electron chi connectivity index (χ3n) is 6.42. The standard InChI is InChI=1S/C24H23F4N5O2/c25-22-15(2-1-3-19(22)24(26,27)28)11-29-21-12-30-31-20-5-4-17(10-18(20)21)32-6-8-33(9-7-32)23(34)16-13-35-14-16/h1-5,10,12,16H,6-9,11,13-14H2,(H,29,31). The van der Waals surface area contributed by atoms with E-state index in [1.807, 2.05) is 23.1 Å². The van der Waals surface area contributed by atoms with Gasteiger partial charge in [-0.25, -0.2) is 4.39 Å². The van der Waals surface area contributed by atoms with Crippen LogP contribution in [0.25, 0.3) is 10.9 Å². The van der Waals surface area contributed by atoms with Crippen LogP contribution in [0.5, 0.6) is 0 Å². The first kappa shape index (κ1) is 23.3. The molecule has 1 N–H and O–H groups in total. The Morgan fingerprint density at radius 1 is 1.11 bits per heavy atom. The number of rotatable bonds is 5. The average molecular weight is 489 g/mol. The maximum Gasteiger partial charge on any atom is 0.419 e. The highest BCUT2D eigenvalue weighted by Gasteiger charge is 2.35. The molecule has 2 aliphatic rings. The monoisotopic (exact) mass is 489 g/mol. The molecule has 1 amide bonds. The van der Waals surface area contributed by atoms with Gasteiger partial charge in [-0.3, -0.25) is 4.79 Å². The van der Waals surface area contributed by atoms with E-state index < -0.39 is 17.6 Å². The van der Waals surface area contributed by atoms with Crippen LogP contribution in [-0.2, 0) is 22.3 Å². The number of anilines is 2. The van der Waals surface area contributed by atoms with Crippen LogP contribution in [0.1, 0.15) is 11.1 Å². The third-order valence-corrected chi connectivity index (χ3v) is 6.42. The predicted octanol–water partition coefficient (Wildman–Crippen LogP) is 3.69. The van der Waals surface area contributed by atoms with Crippen molar-refractivity contribution in [2.75, 3.05) is 49.6 Å². The van der Waals surface area contributed by atoms with E-state index in [-0.39, 0.29) is 23.9 Å². The summed E-state index contributed by atoms with van der Waals surface area (Å²) in [6.07, 6.45) is -3.30. The quantitative estimate of drug-likeness (QED) is 0.552. The molecule has 184 valence electrons. The highest BCUT2D eigenvalue weighted by atomic mass is 19.4. The molecule has 0 spiro atoms. The molecule has 3 heterocycles. The van der Waals surface area contributed by atoms with Crippen molar-refractivity contribution in [1.29, 1.82) is 0 Å². The number of piperazine rings is 1. The van der Waals surface area contributed by atoms with Crippen LogP contribution < -0.4 is 10.2 Å². The molecular weight excluding hydrogens is 466 g/mol. The lowest BCUT2D eigenvalue weighted by molar-refractivity contribution is -0.150.